The minimum absolute atomic E-state index is 0.300. The molecule has 1 aromatic carbocycles. The minimum atomic E-state index is -0.300. The fourth-order valence-corrected chi connectivity index (χ4v) is 2.56. The number of fused-ring (bicyclic) bond motifs is 1. The molecule has 18 heavy (non-hydrogen) atoms. The minimum Gasteiger partial charge on any atom is -0.381 e. The maximum Gasteiger partial charge on any atom is 0.148 e. The fraction of sp³-hybridized carbons (Fsp3) is 0.385. The Bertz CT molecular complexity index is 584. The summed E-state index contributed by atoms with van der Waals surface area (Å²) in [6.07, 6.45) is 3.45. The Morgan fingerprint density at radius 1 is 1.28 bits per heavy atom. The van der Waals surface area contributed by atoms with Crippen molar-refractivity contribution in [3.8, 4) is 0 Å². The average molecular weight is 311 g/mol. The molecule has 94 valence electrons. The van der Waals surface area contributed by atoms with Gasteiger partial charge in [-0.2, -0.15) is 0 Å². The van der Waals surface area contributed by atoms with Gasteiger partial charge in [0.25, 0.3) is 0 Å². The predicted octanol–water partition coefficient (Wildman–Crippen LogP) is 3.43. The molecule has 0 bridgehead atoms. The zero-order chi connectivity index (χ0) is 12.5. The van der Waals surface area contributed by atoms with Gasteiger partial charge in [0.1, 0.15) is 11.6 Å². The van der Waals surface area contributed by atoms with Crippen molar-refractivity contribution in [2.75, 3.05) is 13.2 Å². The topological polar surface area (TPSA) is 35.0 Å². The van der Waals surface area contributed by atoms with Gasteiger partial charge in [0.05, 0.1) is 15.4 Å². The third-order valence-corrected chi connectivity index (χ3v) is 3.87. The van der Waals surface area contributed by atoms with Crippen LogP contribution in [0.5, 0.6) is 0 Å². The quantitative estimate of drug-likeness (QED) is 0.809. The maximum atomic E-state index is 13.8. The zero-order valence-corrected chi connectivity index (χ0v) is 11.3. The lowest BCUT2D eigenvalue weighted by atomic mass is 9.99. The molecule has 0 amide bonds. The Hall–Kier alpha value is -1.07. The number of halogens is 2. The highest BCUT2D eigenvalue weighted by Gasteiger charge is 2.19. The van der Waals surface area contributed by atoms with E-state index in [0.29, 0.717) is 21.3 Å². The van der Waals surface area contributed by atoms with E-state index in [0.717, 1.165) is 31.9 Å². The van der Waals surface area contributed by atoms with E-state index in [2.05, 4.69) is 25.9 Å². The van der Waals surface area contributed by atoms with Crippen LogP contribution in [-0.4, -0.2) is 23.2 Å². The third-order valence-electron chi connectivity index (χ3n) is 3.26. The first-order valence-corrected chi connectivity index (χ1v) is 6.73. The summed E-state index contributed by atoms with van der Waals surface area (Å²) in [5.41, 5.74) is 0.659. The number of hydrogen-bond donors (Lipinski definition) is 0. The van der Waals surface area contributed by atoms with Crippen LogP contribution in [0.3, 0.4) is 0 Å². The maximum absolute atomic E-state index is 13.8. The predicted molar refractivity (Wildman–Crippen MR) is 70.0 cm³/mol. The van der Waals surface area contributed by atoms with Gasteiger partial charge in [0, 0.05) is 25.3 Å². The second kappa shape index (κ2) is 4.90. The van der Waals surface area contributed by atoms with Crippen LogP contribution in [0.25, 0.3) is 10.9 Å². The molecule has 1 fully saturated rings. The Balaban J connectivity index is 2.03. The number of rotatable bonds is 1. The zero-order valence-electron chi connectivity index (χ0n) is 9.70. The van der Waals surface area contributed by atoms with Crippen LogP contribution in [0, 0.1) is 5.82 Å². The lowest BCUT2D eigenvalue weighted by molar-refractivity contribution is 0.0836. The van der Waals surface area contributed by atoms with Crippen LogP contribution in [0.15, 0.2) is 22.8 Å². The van der Waals surface area contributed by atoms with Gasteiger partial charge < -0.3 is 4.74 Å². The summed E-state index contributed by atoms with van der Waals surface area (Å²) in [4.78, 5) is 8.78. The Morgan fingerprint density at radius 2 is 2.06 bits per heavy atom. The Morgan fingerprint density at radius 3 is 2.83 bits per heavy atom. The number of nitrogens with zero attached hydrogens (tertiary/aromatic N) is 2. The summed E-state index contributed by atoms with van der Waals surface area (Å²) in [6, 6.07) is 3.49. The highest BCUT2D eigenvalue weighted by atomic mass is 79.9. The van der Waals surface area contributed by atoms with Gasteiger partial charge in [-0.15, -0.1) is 0 Å². The molecule has 0 unspecified atom stereocenters. The molecule has 3 rings (SSSR count). The van der Waals surface area contributed by atoms with E-state index in [-0.39, 0.29) is 5.82 Å². The van der Waals surface area contributed by atoms with Crippen molar-refractivity contribution >= 4 is 26.8 Å². The fourth-order valence-electron chi connectivity index (χ4n) is 2.21. The molecule has 5 heteroatoms. The van der Waals surface area contributed by atoms with Gasteiger partial charge in [-0.25, -0.2) is 14.4 Å². The van der Waals surface area contributed by atoms with Crippen molar-refractivity contribution < 1.29 is 9.13 Å². The SMILES string of the molecule is Fc1c(Br)ccc2nc(C3CCOCC3)ncc12. The molecule has 0 atom stereocenters. The molecule has 1 aromatic heterocycles. The van der Waals surface area contributed by atoms with Gasteiger partial charge >= 0.3 is 0 Å². The van der Waals surface area contributed by atoms with Crippen molar-refractivity contribution in [3.63, 3.8) is 0 Å². The highest BCUT2D eigenvalue weighted by molar-refractivity contribution is 9.10. The molecule has 2 heterocycles. The van der Waals surface area contributed by atoms with Crippen LogP contribution < -0.4 is 0 Å². The summed E-state index contributed by atoms with van der Waals surface area (Å²) >= 11 is 3.16. The average Bonchev–Trinajstić information content (AvgIpc) is 2.44. The van der Waals surface area contributed by atoms with Crippen LogP contribution in [-0.2, 0) is 4.74 Å². The summed E-state index contributed by atoms with van der Waals surface area (Å²) in [7, 11) is 0. The summed E-state index contributed by atoms with van der Waals surface area (Å²) in [6.45, 7) is 1.50. The largest absolute Gasteiger partial charge is 0.381 e. The second-order valence-electron chi connectivity index (χ2n) is 4.41. The van der Waals surface area contributed by atoms with E-state index in [1.54, 1.807) is 12.3 Å². The van der Waals surface area contributed by atoms with Crippen LogP contribution in [0.1, 0.15) is 24.6 Å². The smallest absolute Gasteiger partial charge is 0.148 e. The van der Waals surface area contributed by atoms with Gasteiger partial charge in [0.15, 0.2) is 0 Å². The Kier molecular flexibility index (Phi) is 3.26. The van der Waals surface area contributed by atoms with E-state index in [1.807, 2.05) is 6.07 Å². The first-order chi connectivity index (χ1) is 8.75. The van der Waals surface area contributed by atoms with Crippen LogP contribution in [0.2, 0.25) is 0 Å². The monoisotopic (exact) mass is 310 g/mol. The lowest BCUT2D eigenvalue weighted by Gasteiger charge is -2.20. The number of hydrogen-bond acceptors (Lipinski definition) is 3. The van der Waals surface area contributed by atoms with Crippen molar-refractivity contribution in [2.24, 2.45) is 0 Å². The van der Waals surface area contributed by atoms with Crippen molar-refractivity contribution in [1.82, 2.24) is 9.97 Å². The molecule has 3 nitrogen and oxygen atoms in total. The van der Waals surface area contributed by atoms with E-state index >= 15 is 0 Å². The molecular weight excluding hydrogens is 299 g/mol. The summed E-state index contributed by atoms with van der Waals surface area (Å²) < 4.78 is 19.6. The number of ether oxygens (including phenoxy) is 1. The molecule has 1 aliphatic rings. The van der Waals surface area contributed by atoms with Gasteiger partial charge in [-0.05, 0) is 40.9 Å². The summed E-state index contributed by atoms with van der Waals surface area (Å²) in [5, 5.41) is 0.459. The molecule has 1 aliphatic heterocycles. The number of aromatic nitrogens is 2. The first kappa shape index (κ1) is 12.0. The molecule has 1 saturated heterocycles. The van der Waals surface area contributed by atoms with Crippen LogP contribution in [0.4, 0.5) is 4.39 Å². The van der Waals surface area contributed by atoms with E-state index < -0.39 is 0 Å². The van der Waals surface area contributed by atoms with E-state index in [9.17, 15) is 4.39 Å². The number of benzene rings is 1. The molecule has 0 spiro atoms. The second-order valence-corrected chi connectivity index (χ2v) is 5.26. The normalized spacial score (nSPS) is 17.2. The van der Waals surface area contributed by atoms with Gasteiger partial charge in [-0.3, -0.25) is 0 Å². The third kappa shape index (κ3) is 2.12. The van der Waals surface area contributed by atoms with Gasteiger partial charge in [0.2, 0.25) is 0 Å². The molecule has 0 N–H and O–H groups in total. The molecule has 0 saturated carbocycles. The molecule has 0 radical (unpaired) electrons. The molecule has 0 aliphatic carbocycles. The van der Waals surface area contributed by atoms with Crippen molar-refractivity contribution in [3.05, 3.63) is 34.4 Å². The first-order valence-electron chi connectivity index (χ1n) is 5.94. The lowest BCUT2D eigenvalue weighted by Crippen LogP contribution is -2.16. The van der Waals surface area contributed by atoms with Crippen LogP contribution >= 0.6 is 15.9 Å². The molecular formula is C13H12BrFN2O. The molecule has 2 aromatic rings. The standard InChI is InChI=1S/C13H12BrFN2O/c14-10-1-2-11-9(12(10)15)7-16-13(17-11)8-3-5-18-6-4-8/h1-2,7-8H,3-6H2. The van der Waals surface area contributed by atoms with Crippen molar-refractivity contribution in [2.45, 2.75) is 18.8 Å². The summed E-state index contributed by atoms with van der Waals surface area (Å²) in [5.74, 6) is 0.827. The highest BCUT2D eigenvalue weighted by Crippen LogP contribution is 2.27. The van der Waals surface area contributed by atoms with Crippen molar-refractivity contribution in [1.29, 1.82) is 0 Å². The van der Waals surface area contributed by atoms with E-state index in [4.69, 9.17) is 4.74 Å². The Labute approximate surface area is 113 Å². The van der Waals surface area contributed by atoms with E-state index in [1.165, 1.54) is 0 Å². The van der Waals surface area contributed by atoms with Gasteiger partial charge in [-0.1, -0.05) is 0 Å².